The van der Waals surface area contributed by atoms with Crippen LogP contribution < -0.4 is 5.32 Å². The molecule has 19 heavy (non-hydrogen) atoms. The van der Waals surface area contributed by atoms with Crippen LogP contribution in [0.25, 0.3) is 0 Å². The largest absolute Gasteiger partial charge is 0.396 e. The van der Waals surface area contributed by atoms with Gasteiger partial charge in [0.2, 0.25) is 5.91 Å². The van der Waals surface area contributed by atoms with E-state index in [0.29, 0.717) is 12.5 Å². The molecular formula is C16H23NO2. The first-order chi connectivity index (χ1) is 9.20. The third kappa shape index (κ3) is 3.80. The van der Waals surface area contributed by atoms with E-state index in [4.69, 9.17) is 5.11 Å². The number of aliphatic hydroxyl groups is 1. The molecule has 0 aromatic heterocycles. The summed E-state index contributed by atoms with van der Waals surface area (Å²) in [6, 6.07) is 8.40. The summed E-state index contributed by atoms with van der Waals surface area (Å²) in [7, 11) is 0. The van der Waals surface area contributed by atoms with E-state index in [0.717, 1.165) is 25.7 Å². The number of amides is 1. The van der Waals surface area contributed by atoms with Crippen LogP contribution in [0.2, 0.25) is 0 Å². The fraction of sp³-hybridized carbons (Fsp3) is 0.562. The lowest BCUT2D eigenvalue weighted by Gasteiger charge is -2.24. The number of benzene rings is 1. The van der Waals surface area contributed by atoms with Crippen LogP contribution in [-0.4, -0.2) is 24.2 Å². The van der Waals surface area contributed by atoms with E-state index in [9.17, 15) is 4.79 Å². The molecule has 2 unspecified atom stereocenters. The van der Waals surface area contributed by atoms with Gasteiger partial charge in [-0.15, -0.1) is 0 Å². The Kier molecular flexibility index (Phi) is 4.97. The Hall–Kier alpha value is -1.35. The molecule has 0 saturated heterocycles. The zero-order valence-corrected chi connectivity index (χ0v) is 11.6. The van der Waals surface area contributed by atoms with Gasteiger partial charge in [-0.25, -0.2) is 0 Å². The number of fused-ring (bicyclic) bond motifs is 1. The van der Waals surface area contributed by atoms with Crippen molar-refractivity contribution in [1.29, 1.82) is 0 Å². The maximum atomic E-state index is 12.1. The van der Waals surface area contributed by atoms with Crippen LogP contribution in [0, 0.1) is 11.8 Å². The summed E-state index contributed by atoms with van der Waals surface area (Å²) in [6.07, 6.45) is 3.54. The molecule has 0 saturated carbocycles. The number of rotatable bonds is 5. The van der Waals surface area contributed by atoms with Gasteiger partial charge in [-0.3, -0.25) is 4.79 Å². The monoisotopic (exact) mass is 261 g/mol. The van der Waals surface area contributed by atoms with Crippen LogP contribution >= 0.6 is 0 Å². The molecule has 1 aromatic rings. The zero-order valence-electron chi connectivity index (χ0n) is 11.6. The molecule has 0 spiro atoms. The van der Waals surface area contributed by atoms with E-state index in [1.54, 1.807) is 0 Å². The van der Waals surface area contributed by atoms with Gasteiger partial charge in [-0.05, 0) is 42.7 Å². The fourth-order valence-corrected chi connectivity index (χ4v) is 2.66. The van der Waals surface area contributed by atoms with Gasteiger partial charge in [0.15, 0.2) is 0 Å². The normalized spacial score (nSPS) is 19.6. The van der Waals surface area contributed by atoms with Crippen molar-refractivity contribution in [3.8, 4) is 0 Å². The van der Waals surface area contributed by atoms with Crippen LogP contribution in [0.1, 0.15) is 30.9 Å². The molecule has 3 nitrogen and oxygen atoms in total. The van der Waals surface area contributed by atoms with Gasteiger partial charge in [0.1, 0.15) is 0 Å². The molecule has 1 aliphatic rings. The van der Waals surface area contributed by atoms with Crippen molar-refractivity contribution >= 4 is 5.91 Å². The Morgan fingerprint density at radius 3 is 2.89 bits per heavy atom. The second kappa shape index (κ2) is 6.71. The highest BCUT2D eigenvalue weighted by atomic mass is 16.3. The van der Waals surface area contributed by atoms with Crippen LogP contribution in [0.5, 0.6) is 0 Å². The van der Waals surface area contributed by atoms with Gasteiger partial charge in [0.05, 0.1) is 0 Å². The summed E-state index contributed by atoms with van der Waals surface area (Å²) in [5, 5.41) is 11.9. The van der Waals surface area contributed by atoms with Crippen molar-refractivity contribution in [3.63, 3.8) is 0 Å². The molecule has 2 atom stereocenters. The molecule has 104 valence electrons. The van der Waals surface area contributed by atoms with E-state index in [2.05, 4.69) is 23.5 Å². The van der Waals surface area contributed by atoms with E-state index in [-0.39, 0.29) is 18.4 Å². The lowest BCUT2D eigenvalue weighted by atomic mass is 9.83. The topological polar surface area (TPSA) is 49.3 Å². The molecule has 0 bridgehead atoms. The minimum absolute atomic E-state index is 0.108. The second-order valence-corrected chi connectivity index (χ2v) is 5.57. The Bertz CT molecular complexity index is 431. The number of carbonyl (C=O) groups excluding carboxylic acids is 1. The maximum Gasteiger partial charge on any atom is 0.223 e. The molecule has 0 fully saturated rings. The standard InChI is InChI=1S/C16H23NO2/c1-12(8-9-18)11-17-16(19)15-7-6-13-4-2-3-5-14(13)10-15/h2-5,12,15,18H,6-11H2,1H3,(H,17,19). The predicted molar refractivity (Wildman–Crippen MR) is 75.8 cm³/mol. The lowest BCUT2D eigenvalue weighted by molar-refractivity contribution is -0.125. The molecule has 1 aliphatic carbocycles. The molecule has 0 radical (unpaired) electrons. The van der Waals surface area contributed by atoms with Gasteiger partial charge >= 0.3 is 0 Å². The van der Waals surface area contributed by atoms with Crippen LogP contribution in [-0.2, 0) is 17.6 Å². The van der Waals surface area contributed by atoms with E-state index in [1.807, 2.05) is 13.0 Å². The van der Waals surface area contributed by atoms with Crippen molar-refractivity contribution in [2.75, 3.05) is 13.2 Å². The summed E-state index contributed by atoms with van der Waals surface area (Å²) in [5.74, 6) is 0.611. The molecule has 1 amide bonds. The highest BCUT2D eigenvalue weighted by Gasteiger charge is 2.24. The van der Waals surface area contributed by atoms with Crippen molar-refractivity contribution in [2.45, 2.75) is 32.6 Å². The minimum Gasteiger partial charge on any atom is -0.396 e. The first kappa shape index (κ1) is 14.1. The summed E-state index contributed by atoms with van der Waals surface area (Å²) < 4.78 is 0. The molecule has 1 aromatic carbocycles. The summed E-state index contributed by atoms with van der Waals surface area (Å²) in [6.45, 7) is 2.90. The fourth-order valence-electron chi connectivity index (χ4n) is 2.66. The SMILES string of the molecule is CC(CCO)CNC(=O)C1CCc2ccccc2C1. The Morgan fingerprint density at radius 1 is 1.42 bits per heavy atom. The van der Waals surface area contributed by atoms with Gasteiger partial charge < -0.3 is 10.4 Å². The first-order valence-corrected chi connectivity index (χ1v) is 7.16. The van der Waals surface area contributed by atoms with Crippen molar-refractivity contribution in [2.24, 2.45) is 11.8 Å². The Balaban J connectivity index is 1.85. The van der Waals surface area contributed by atoms with E-state index >= 15 is 0 Å². The van der Waals surface area contributed by atoms with Gasteiger partial charge in [0.25, 0.3) is 0 Å². The third-order valence-corrected chi connectivity index (χ3v) is 3.96. The number of nitrogens with one attached hydrogen (secondary N) is 1. The van der Waals surface area contributed by atoms with Crippen LogP contribution in [0.15, 0.2) is 24.3 Å². The lowest BCUT2D eigenvalue weighted by Crippen LogP contribution is -2.36. The molecule has 2 N–H and O–H groups in total. The smallest absolute Gasteiger partial charge is 0.223 e. The molecule has 2 rings (SSSR count). The van der Waals surface area contributed by atoms with Crippen molar-refractivity contribution in [3.05, 3.63) is 35.4 Å². The number of hydrogen-bond donors (Lipinski definition) is 2. The summed E-state index contributed by atoms with van der Waals surface area (Å²) >= 11 is 0. The van der Waals surface area contributed by atoms with Gasteiger partial charge in [-0.1, -0.05) is 31.2 Å². The average Bonchev–Trinajstić information content (AvgIpc) is 2.44. The summed E-state index contributed by atoms with van der Waals surface area (Å²) in [5.41, 5.74) is 2.71. The third-order valence-electron chi connectivity index (χ3n) is 3.96. The number of aryl methyl sites for hydroxylation is 1. The van der Waals surface area contributed by atoms with Crippen LogP contribution in [0.3, 0.4) is 0 Å². The second-order valence-electron chi connectivity index (χ2n) is 5.57. The van der Waals surface area contributed by atoms with Gasteiger partial charge in [0, 0.05) is 19.1 Å². The molecule has 0 heterocycles. The van der Waals surface area contributed by atoms with E-state index in [1.165, 1.54) is 11.1 Å². The highest BCUT2D eigenvalue weighted by Crippen LogP contribution is 2.25. The molecule has 3 heteroatoms. The maximum absolute atomic E-state index is 12.1. The quantitative estimate of drug-likeness (QED) is 0.851. The van der Waals surface area contributed by atoms with Crippen molar-refractivity contribution in [1.82, 2.24) is 5.32 Å². The molecule has 0 aliphatic heterocycles. The number of carbonyl (C=O) groups is 1. The van der Waals surface area contributed by atoms with Crippen molar-refractivity contribution < 1.29 is 9.90 Å². The van der Waals surface area contributed by atoms with Crippen LogP contribution in [0.4, 0.5) is 0 Å². The summed E-state index contributed by atoms with van der Waals surface area (Å²) in [4.78, 5) is 12.1. The average molecular weight is 261 g/mol. The molecular weight excluding hydrogens is 238 g/mol. The van der Waals surface area contributed by atoms with Gasteiger partial charge in [-0.2, -0.15) is 0 Å². The number of hydrogen-bond acceptors (Lipinski definition) is 2. The first-order valence-electron chi connectivity index (χ1n) is 7.16. The highest BCUT2D eigenvalue weighted by molar-refractivity contribution is 5.79. The minimum atomic E-state index is 0.108. The Morgan fingerprint density at radius 2 is 2.16 bits per heavy atom. The number of aliphatic hydroxyl groups excluding tert-OH is 1. The van der Waals surface area contributed by atoms with E-state index < -0.39 is 0 Å². The zero-order chi connectivity index (χ0) is 13.7. The predicted octanol–water partition coefficient (Wildman–Crippen LogP) is 1.93. The Labute approximate surface area is 115 Å².